The lowest BCUT2D eigenvalue weighted by molar-refractivity contribution is -0.156. The molecule has 0 aromatic rings. The summed E-state index contributed by atoms with van der Waals surface area (Å²) in [6.45, 7) is 10.2. The lowest BCUT2D eigenvalue weighted by Gasteiger charge is -2.25. The van der Waals surface area contributed by atoms with E-state index in [1.165, 1.54) is 0 Å². The Morgan fingerprint density at radius 1 is 1.33 bits per heavy atom. The molecule has 0 fully saturated rings. The number of carbonyl (C=O) groups is 1. The summed E-state index contributed by atoms with van der Waals surface area (Å²) < 4.78 is 16.3. The Bertz CT molecular complexity index is 320. The van der Waals surface area contributed by atoms with Gasteiger partial charge in [0.1, 0.15) is 6.26 Å². The second-order valence-corrected chi connectivity index (χ2v) is 5.79. The summed E-state index contributed by atoms with van der Waals surface area (Å²) in [5, 5.41) is 0. The van der Waals surface area contributed by atoms with Crippen LogP contribution in [0, 0.1) is 11.8 Å². The monoisotopic (exact) mass is 256 g/mol. The number of hydrogen-bond acceptors (Lipinski definition) is 4. The van der Waals surface area contributed by atoms with E-state index in [2.05, 4.69) is 13.8 Å². The van der Waals surface area contributed by atoms with E-state index in [9.17, 15) is 4.79 Å². The van der Waals surface area contributed by atoms with Crippen LogP contribution in [0.5, 0.6) is 0 Å². The molecule has 0 amide bonds. The first-order valence-corrected chi connectivity index (χ1v) is 6.52. The van der Waals surface area contributed by atoms with Crippen molar-refractivity contribution < 1.29 is 19.0 Å². The van der Waals surface area contributed by atoms with Gasteiger partial charge in [0.05, 0.1) is 0 Å². The van der Waals surface area contributed by atoms with E-state index in [0.29, 0.717) is 24.0 Å². The van der Waals surface area contributed by atoms with Crippen LogP contribution in [0.2, 0.25) is 0 Å². The molecule has 1 aliphatic rings. The molecule has 0 aliphatic carbocycles. The standard InChI is InChI=1S/C14H24O4/c1-10(2)6-13(15)16-8-12-9-17-14(5,18-12)7-11(3)4/h9-11H,6-8H2,1-5H3. The summed E-state index contributed by atoms with van der Waals surface area (Å²) in [6.07, 6.45) is 2.77. The van der Waals surface area contributed by atoms with Crippen molar-refractivity contribution in [3.05, 3.63) is 12.0 Å². The van der Waals surface area contributed by atoms with Gasteiger partial charge in [-0.1, -0.05) is 27.7 Å². The van der Waals surface area contributed by atoms with Crippen molar-refractivity contribution in [1.29, 1.82) is 0 Å². The van der Waals surface area contributed by atoms with Crippen LogP contribution < -0.4 is 0 Å². The molecule has 0 saturated heterocycles. The predicted molar refractivity (Wildman–Crippen MR) is 68.5 cm³/mol. The highest BCUT2D eigenvalue weighted by Gasteiger charge is 2.34. The predicted octanol–water partition coefficient (Wildman–Crippen LogP) is 3.23. The molecule has 1 unspecified atom stereocenters. The molecule has 18 heavy (non-hydrogen) atoms. The average Bonchev–Trinajstić information content (AvgIpc) is 2.54. The molecule has 0 aromatic carbocycles. The van der Waals surface area contributed by atoms with Crippen molar-refractivity contribution in [2.45, 2.75) is 53.2 Å². The minimum atomic E-state index is -0.617. The number of rotatable bonds is 6. The first-order valence-electron chi connectivity index (χ1n) is 6.52. The van der Waals surface area contributed by atoms with Gasteiger partial charge in [0.15, 0.2) is 12.4 Å². The molecule has 1 heterocycles. The Kier molecular flexibility index (Phi) is 5.05. The average molecular weight is 256 g/mol. The fraction of sp³-hybridized carbons (Fsp3) is 0.786. The van der Waals surface area contributed by atoms with E-state index in [-0.39, 0.29) is 12.6 Å². The van der Waals surface area contributed by atoms with Crippen molar-refractivity contribution in [3.8, 4) is 0 Å². The Morgan fingerprint density at radius 3 is 2.56 bits per heavy atom. The Hall–Kier alpha value is -1.19. The number of esters is 1. The van der Waals surface area contributed by atoms with E-state index in [1.54, 1.807) is 6.26 Å². The van der Waals surface area contributed by atoms with Crippen molar-refractivity contribution in [2.24, 2.45) is 11.8 Å². The van der Waals surface area contributed by atoms with Crippen LogP contribution in [-0.2, 0) is 19.0 Å². The van der Waals surface area contributed by atoms with Gasteiger partial charge in [-0.15, -0.1) is 0 Å². The third kappa shape index (κ3) is 4.98. The largest absolute Gasteiger partial charge is 0.457 e. The molecule has 1 rings (SSSR count). The van der Waals surface area contributed by atoms with Crippen LogP contribution in [0.3, 0.4) is 0 Å². The maximum atomic E-state index is 11.4. The molecule has 0 spiro atoms. The van der Waals surface area contributed by atoms with Gasteiger partial charge < -0.3 is 14.2 Å². The van der Waals surface area contributed by atoms with Crippen LogP contribution in [0.4, 0.5) is 0 Å². The minimum absolute atomic E-state index is 0.152. The number of hydrogen-bond donors (Lipinski definition) is 0. The summed E-state index contributed by atoms with van der Waals surface area (Å²) in [4.78, 5) is 11.4. The smallest absolute Gasteiger partial charge is 0.306 e. The highest BCUT2D eigenvalue weighted by Crippen LogP contribution is 2.31. The van der Waals surface area contributed by atoms with Crippen LogP contribution in [0.1, 0.15) is 47.5 Å². The van der Waals surface area contributed by atoms with Crippen molar-refractivity contribution in [3.63, 3.8) is 0 Å². The molecule has 1 atom stereocenters. The summed E-state index contributed by atoms with van der Waals surface area (Å²) >= 11 is 0. The van der Waals surface area contributed by atoms with Gasteiger partial charge >= 0.3 is 5.97 Å². The summed E-state index contributed by atoms with van der Waals surface area (Å²) in [5.74, 6) is 0.542. The second kappa shape index (κ2) is 6.12. The van der Waals surface area contributed by atoms with Gasteiger partial charge in [0, 0.05) is 19.8 Å². The Morgan fingerprint density at radius 2 is 2.00 bits per heavy atom. The van der Waals surface area contributed by atoms with Crippen molar-refractivity contribution in [1.82, 2.24) is 0 Å². The Balaban J connectivity index is 2.32. The third-order valence-electron chi connectivity index (χ3n) is 2.52. The summed E-state index contributed by atoms with van der Waals surface area (Å²) in [7, 11) is 0. The molecule has 0 saturated carbocycles. The maximum Gasteiger partial charge on any atom is 0.306 e. The third-order valence-corrected chi connectivity index (χ3v) is 2.52. The van der Waals surface area contributed by atoms with Gasteiger partial charge in [-0.2, -0.15) is 0 Å². The lowest BCUT2D eigenvalue weighted by Crippen LogP contribution is -2.28. The summed E-state index contributed by atoms with van der Waals surface area (Å²) in [5.41, 5.74) is 0. The maximum absolute atomic E-state index is 11.4. The van der Waals surface area contributed by atoms with E-state index < -0.39 is 5.79 Å². The zero-order valence-corrected chi connectivity index (χ0v) is 12.0. The molecular weight excluding hydrogens is 232 g/mol. The zero-order valence-electron chi connectivity index (χ0n) is 12.0. The van der Waals surface area contributed by atoms with Gasteiger partial charge in [0.2, 0.25) is 5.79 Å². The fourth-order valence-corrected chi connectivity index (χ4v) is 1.95. The first-order chi connectivity index (χ1) is 8.31. The lowest BCUT2D eigenvalue weighted by atomic mass is 10.0. The number of carbonyl (C=O) groups excluding carboxylic acids is 1. The summed E-state index contributed by atoms with van der Waals surface area (Å²) in [6, 6.07) is 0. The van der Waals surface area contributed by atoms with Crippen LogP contribution in [0.15, 0.2) is 12.0 Å². The highest BCUT2D eigenvalue weighted by molar-refractivity contribution is 5.69. The molecule has 1 aliphatic heterocycles. The molecule has 0 bridgehead atoms. The van der Waals surface area contributed by atoms with Gasteiger partial charge in [0.25, 0.3) is 0 Å². The van der Waals surface area contributed by atoms with E-state index in [4.69, 9.17) is 14.2 Å². The van der Waals surface area contributed by atoms with Gasteiger partial charge in [-0.3, -0.25) is 4.79 Å². The molecule has 0 N–H and O–H groups in total. The van der Waals surface area contributed by atoms with Crippen LogP contribution >= 0.6 is 0 Å². The quantitative estimate of drug-likeness (QED) is 0.684. The van der Waals surface area contributed by atoms with Crippen LogP contribution in [0.25, 0.3) is 0 Å². The molecule has 0 aromatic heterocycles. The number of ether oxygens (including phenoxy) is 3. The molecule has 4 heteroatoms. The molecular formula is C14H24O4. The molecule has 4 nitrogen and oxygen atoms in total. The van der Waals surface area contributed by atoms with Gasteiger partial charge in [-0.05, 0) is 11.8 Å². The van der Waals surface area contributed by atoms with Crippen molar-refractivity contribution >= 4 is 5.97 Å². The SMILES string of the molecule is CC(C)CC(=O)OCC1=COC(C)(CC(C)C)O1. The fourth-order valence-electron chi connectivity index (χ4n) is 1.95. The minimum Gasteiger partial charge on any atom is -0.457 e. The Labute approximate surface area is 109 Å². The second-order valence-electron chi connectivity index (χ2n) is 5.79. The van der Waals surface area contributed by atoms with E-state index in [1.807, 2.05) is 20.8 Å². The van der Waals surface area contributed by atoms with Crippen LogP contribution in [-0.4, -0.2) is 18.4 Å². The first kappa shape index (κ1) is 14.9. The van der Waals surface area contributed by atoms with Gasteiger partial charge in [-0.25, -0.2) is 0 Å². The molecule has 0 radical (unpaired) electrons. The van der Waals surface area contributed by atoms with E-state index >= 15 is 0 Å². The van der Waals surface area contributed by atoms with Crippen molar-refractivity contribution in [2.75, 3.05) is 6.61 Å². The van der Waals surface area contributed by atoms with E-state index in [0.717, 1.165) is 6.42 Å². The highest BCUT2D eigenvalue weighted by atomic mass is 16.7. The molecule has 104 valence electrons. The zero-order chi connectivity index (χ0) is 13.8. The normalized spacial score (nSPS) is 22.7. The topological polar surface area (TPSA) is 44.8 Å².